The Balaban J connectivity index is 1.71. The Hall–Kier alpha value is -1.36. The van der Waals surface area contributed by atoms with Gasteiger partial charge in [0.1, 0.15) is 0 Å². The number of nitrogens with zero attached hydrogens (tertiary/aromatic N) is 2. The van der Waals surface area contributed by atoms with Gasteiger partial charge in [0, 0.05) is 25.6 Å². The van der Waals surface area contributed by atoms with E-state index >= 15 is 0 Å². The molecule has 0 saturated carbocycles. The molecule has 0 bridgehead atoms. The van der Waals surface area contributed by atoms with E-state index in [4.69, 9.17) is 0 Å². The highest BCUT2D eigenvalue weighted by Gasteiger charge is 2.34. The van der Waals surface area contributed by atoms with Crippen molar-refractivity contribution >= 4 is 5.91 Å². The van der Waals surface area contributed by atoms with Crippen molar-refractivity contribution in [1.29, 1.82) is 0 Å². The van der Waals surface area contributed by atoms with Gasteiger partial charge in [-0.25, -0.2) is 4.98 Å². The quantitative estimate of drug-likeness (QED) is 0.796. The van der Waals surface area contributed by atoms with Crippen LogP contribution in [0.25, 0.3) is 0 Å². The van der Waals surface area contributed by atoms with Crippen LogP contribution in [0.5, 0.6) is 0 Å². The Morgan fingerprint density at radius 3 is 3.16 bits per heavy atom. The normalized spacial score (nSPS) is 31.1. The number of hydrogen-bond donors (Lipinski definition) is 2. The van der Waals surface area contributed by atoms with Gasteiger partial charge in [0.2, 0.25) is 5.91 Å². The average Bonchev–Trinajstić information content (AvgIpc) is 2.88. The van der Waals surface area contributed by atoms with Gasteiger partial charge in [0.05, 0.1) is 23.8 Å². The van der Waals surface area contributed by atoms with Crippen molar-refractivity contribution in [2.24, 2.45) is 5.92 Å². The first-order valence-corrected chi connectivity index (χ1v) is 7.22. The molecule has 2 N–H and O–H groups in total. The molecule has 0 aromatic carbocycles. The van der Waals surface area contributed by atoms with Crippen LogP contribution in [0.1, 0.15) is 38.1 Å². The van der Waals surface area contributed by atoms with Gasteiger partial charge in [0.15, 0.2) is 0 Å². The summed E-state index contributed by atoms with van der Waals surface area (Å²) in [6.45, 7) is 6.02. The predicted molar refractivity (Wildman–Crippen MR) is 72.5 cm³/mol. The van der Waals surface area contributed by atoms with Crippen LogP contribution < -0.4 is 5.32 Å². The molecular formula is C14H22N4O. The van der Waals surface area contributed by atoms with E-state index in [0.29, 0.717) is 24.9 Å². The standard InChI is InChI=1S/C14H22N4O/c1-9-4-3-5-18(10(9)2)14(19)12-6-11-13(7-15-12)17-8-16-11/h8-10,12,15H,3-7H2,1-2H3,(H,16,17). The van der Waals surface area contributed by atoms with Gasteiger partial charge in [-0.05, 0) is 25.7 Å². The van der Waals surface area contributed by atoms with Crippen molar-refractivity contribution in [3.63, 3.8) is 0 Å². The van der Waals surface area contributed by atoms with Crippen molar-refractivity contribution < 1.29 is 4.79 Å². The number of amides is 1. The van der Waals surface area contributed by atoms with Crippen LogP contribution in [0.4, 0.5) is 0 Å². The first kappa shape index (κ1) is 12.7. The van der Waals surface area contributed by atoms with Gasteiger partial charge in [-0.15, -0.1) is 0 Å². The summed E-state index contributed by atoms with van der Waals surface area (Å²) < 4.78 is 0. The zero-order chi connectivity index (χ0) is 13.4. The number of carbonyl (C=O) groups is 1. The first-order chi connectivity index (χ1) is 9.16. The van der Waals surface area contributed by atoms with E-state index in [1.165, 1.54) is 6.42 Å². The Morgan fingerprint density at radius 2 is 2.32 bits per heavy atom. The maximum atomic E-state index is 12.7. The lowest BCUT2D eigenvalue weighted by molar-refractivity contribution is -0.138. The van der Waals surface area contributed by atoms with Crippen molar-refractivity contribution in [2.75, 3.05) is 6.54 Å². The third kappa shape index (κ3) is 2.27. The number of H-pyrrole nitrogens is 1. The van der Waals surface area contributed by atoms with Gasteiger partial charge in [-0.3, -0.25) is 10.1 Å². The van der Waals surface area contributed by atoms with Crippen molar-refractivity contribution in [1.82, 2.24) is 20.2 Å². The molecule has 1 saturated heterocycles. The SMILES string of the molecule is CC1CCCN(C(=O)C2Cc3nc[nH]c3CN2)C1C. The van der Waals surface area contributed by atoms with E-state index in [9.17, 15) is 4.79 Å². The third-order valence-corrected chi connectivity index (χ3v) is 4.69. The van der Waals surface area contributed by atoms with Gasteiger partial charge in [-0.1, -0.05) is 6.92 Å². The number of fused-ring (bicyclic) bond motifs is 1. The summed E-state index contributed by atoms with van der Waals surface area (Å²) in [5, 5.41) is 3.33. The molecule has 1 aromatic heterocycles. The number of carbonyl (C=O) groups excluding carboxylic acids is 1. The lowest BCUT2D eigenvalue weighted by Crippen LogP contribution is -2.55. The molecule has 1 aromatic rings. The fourth-order valence-corrected chi connectivity index (χ4v) is 3.19. The summed E-state index contributed by atoms with van der Waals surface area (Å²) in [7, 11) is 0. The smallest absolute Gasteiger partial charge is 0.240 e. The average molecular weight is 262 g/mol. The number of imidazole rings is 1. The summed E-state index contributed by atoms with van der Waals surface area (Å²) in [6.07, 6.45) is 4.77. The van der Waals surface area contributed by atoms with Crippen LogP contribution in [0.15, 0.2) is 6.33 Å². The highest BCUT2D eigenvalue weighted by molar-refractivity contribution is 5.83. The molecule has 3 heterocycles. The second kappa shape index (κ2) is 4.96. The van der Waals surface area contributed by atoms with Crippen molar-refractivity contribution in [2.45, 2.75) is 51.7 Å². The molecule has 2 aliphatic rings. The van der Waals surface area contributed by atoms with E-state index in [2.05, 4.69) is 34.0 Å². The molecule has 19 heavy (non-hydrogen) atoms. The maximum Gasteiger partial charge on any atom is 0.240 e. The van der Waals surface area contributed by atoms with E-state index < -0.39 is 0 Å². The van der Waals surface area contributed by atoms with Crippen LogP contribution in [0, 0.1) is 5.92 Å². The van der Waals surface area contributed by atoms with E-state index in [-0.39, 0.29) is 11.9 Å². The van der Waals surface area contributed by atoms with E-state index in [1.54, 1.807) is 6.33 Å². The maximum absolute atomic E-state index is 12.7. The minimum atomic E-state index is -0.108. The minimum absolute atomic E-state index is 0.108. The highest BCUT2D eigenvalue weighted by atomic mass is 16.2. The zero-order valence-electron chi connectivity index (χ0n) is 11.6. The second-order valence-corrected chi connectivity index (χ2v) is 5.86. The molecule has 5 heteroatoms. The van der Waals surface area contributed by atoms with E-state index in [1.807, 2.05) is 0 Å². The Labute approximate surface area is 113 Å². The third-order valence-electron chi connectivity index (χ3n) is 4.69. The number of nitrogens with one attached hydrogen (secondary N) is 2. The van der Waals surface area contributed by atoms with Crippen LogP contribution in [0.3, 0.4) is 0 Å². The minimum Gasteiger partial charge on any atom is -0.347 e. The molecule has 2 aliphatic heterocycles. The molecular weight excluding hydrogens is 240 g/mol. The first-order valence-electron chi connectivity index (χ1n) is 7.22. The number of likely N-dealkylation sites (tertiary alicyclic amines) is 1. The van der Waals surface area contributed by atoms with Crippen LogP contribution in [0.2, 0.25) is 0 Å². The van der Waals surface area contributed by atoms with Gasteiger partial charge < -0.3 is 9.88 Å². The van der Waals surface area contributed by atoms with Crippen molar-refractivity contribution in [3.05, 3.63) is 17.7 Å². The summed E-state index contributed by atoms with van der Waals surface area (Å²) in [4.78, 5) is 22.1. The molecule has 3 atom stereocenters. The second-order valence-electron chi connectivity index (χ2n) is 5.86. The van der Waals surface area contributed by atoms with Gasteiger partial charge in [0.25, 0.3) is 0 Å². The summed E-state index contributed by atoms with van der Waals surface area (Å²) in [6, 6.07) is 0.243. The Bertz CT molecular complexity index is 470. The fraction of sp³-hybridized carbons (Fsp3) is 0.714. The fourth-order valence-electron chi connectivity index (χ4n) is 3.19. The number of rotatable bonds is 1. The molecule has 1 amide bonds. The topological polar surface area (TPSA) is 61.0 Å². The van der Waals surface area contributed by atoms with Gasteiger partial charge >= 0.3 is 0 Å². The molecule has 104 valence electrons. The predicted octanol–water partition coefficient (Wildman–Crippen LogP) is 1.07. The molecule has 1 fully saturated rings. The zero-order valence-corrected chi connectivity index (χ0v) is 11.6. The van der Waals surface area contributed by atoms with Crippen molar-refractivity contribution in [3.8, 4) is 0 Å². The summed E-state index contributed by atoms with van der Waals surface area (Å²) in [5.41, 5.74) is 2.15. The molecule has 0 aliphatic carbocycles. The largest absolute Gasteiger partial charge is 0.347 e. The number of aromatic nitrogens is 2. The molecule has 5 nitrogen and oxygen atoms in total. The Kier molecular flexibility index (Phi) is 3.31. The van der Waals surface area contributed by atoms with Crippen LogP contribution >= 0.6 is 0 Å². The molecule has 3 rings (SSSR count). The Morgan fingerprint density at radius 1 is 1.47 bits per heavy atom. The monoisotopic (exact) mass is 262 g/mol. The summed E-state index contributed by atoms with van der Waals surface area (Å²) >= 11 is 0. The highest BCUT2D eigenvalue weighted by Crippen LogP contribution is 2.24. The van der Waals surface area contributed by atoms with Crippen LogP contribution in [-0.4, -0.2) is 39.4 Å². The van der Waals surface area contributed by atoms with E-state index in [0.717, 1.165) is 24.4 Å². The van der Waals surface area contributed by atoms with Gasteiger partial charge in [-0.2, -0.15) is 0 Å². The lowest BCUT2D eigenvalue weighted by atomic mass is 9.91. The summed E-state index contributed by atoms with van der Waals surface area (Å²) in [5.74, 6) is 0.843. The molecule has 0 spiro atoms. The lowest BCUT2D eigenvalue weighted by Gasteiger charge is -2.40. The van der Waals surface area contributed by atoms with Crippen LogP contribution in [-0.2, 0) is 17.8 Å². The molecule has 3 unspecified atom stereocenters. The number of piperidine rings is 1. The number of aromatic amines is 1. The molecule has 0 radical (unpaired) electrons. The number of hydrogen-bond acceptors (Lipinski definition) is 3.